The molecule has 6 nitrogen and oxygen atoms in total. The summed E-state index contributed by atoms with van der Waals surface area (Å²) in [6.07, 6.45) is -0.790. The van der Waals surface area contributed by atoms with Crippen molar-refractivity contribution in [1.82, 2.24) is 9.62 Å². The average Bonchev–Trinajstić information content (AvgIpc) is 2.23. The highest BCUT2D eigenvalue weighted by atomic mass is 35.6. The van der Waals surface area contributed by atoms with E-state index in [2.05, 4.69) is 10.5 Å². The molecule has 2 amide bonds. The fraction of sp³-hybridized carbons (Fsp3) is 0.667. The van der Waals surface area contributed by atoms with Crippen molar-refractivity contribution in [2.24, 2.45) is 5.16 Å². The number of oxime groups is 1. The van der Waals surface area contributed by atoms with E-state index in [0.717, 1.165) is 4.31 Å². The van der Waals surface area contributed by atoms with E-state index in [9.17, 15) is 9.59 Å². The lowest BCUT2D eigenvalue weighted by Gasteiger charge is -2.30. The Labute approximate surface area is 140 Å². The first-order valence-corrected chi connectivity index (χ1v) is 8.13. The second-order valence-electron chi connectivity index (χ2n) is 4.25. The van der Waals surface area contributed by atoms with Gasteiger partial charge in [0.2, 0.25) is 5.91 Å². The van der Waals surface area contributed by atoms with E-state index < -0.39 is 14.8 Å². The Kier molecular flexibility index (Phi) is 6.15. The van der Waals surface area contributed by atoms with Crippen molar-refractivity contribution in [1.29, 1.82) is 0 Å². The van der Waals surface area contributed by atoms with Crippen LogP contribution in [0, 0.1) is 0 Å². The van der Waals surface area contributed by atoms with Crippen molar-refractivity contribution in [3.05, 3.63) is 0 Å². The van der Waals surface area contributed by atoms with Crippen LogP contribution in [0.3, 0.4) is 0 Å². The van der Waals surface area contributed by atoms with Crippen LogP contribution in [-0.4, -0.2) is 42.8 Å². The zero-order valence-electron chi connectivity index (χ0n) is 10.8. The lowest BCUT2D eigenvalue weighted by atomic mass is 10.1. The summed E-state index contributed by atoms with van der Waals surface area (Å²) in [5.41, 5.74) is -0.693. The number of thioether (sulfide) groups is 1. The van der Waals surface area contributed by atoms with Crippen LogP contribution in [0.1, 0.15) is 13.8 Å². The van der Waals surface area contributed by atoms with Gasteiger partial charge in [0, 0.05) is 19.0 Å². The quantitative estimate of drug-likeness (QED) is 0.345. The topological polar surface area (TPSA) is 71.0 Å². The molecule has 114 valence electrons. The number of nitrogens with one attached hydrogen (secondary N) is 1. The molecular formula is C9H12Cl3N3O3S2. The van der Waals surface area contributed by atoms with E-state index in [0.29, 0.717) is 17.0 Å². The molecule has 1 aliphatic heterocycles. The first-order chi connectivity index (χ1) is 9.01. The maximum atomic E-state index is 11.6. The van der Waals surface area contributed by atoms with Gasteiger partial charge < -0.3 is 5.32 Å². The van der Waals surface area contributed by atoms with Gasteiger partial charge in [0.25, 0.3) is 3.12 Å². The van der Waals surface area contributed by atoms with Crippen LogP contribution in [-0.2, 0) is 9.63 Å². The van der Waals surface area contributed by atoms with Gasteiger partial charge in [0.1, 0.15) is 5.04 Å². The van der Waals surface area contributed by atoms with Crippen molar-refractivity contribution < 1.29 is 14.4 Å². The second-order valence-corrected chi connectivity index (χ2v) is 9.51. The molecule has 0 spiro atoms. The lowest BCUT2D eigenvalue weighted by Crippen LogP contribution is -2.53. The number of alkyl halides is 3. The fourth-order valence-corrected chi connectivity index (χ4v) is 3.42. The van der Waals surface area contributed by atoms with Crippen molar-refractivity contribution in [2.45, 2.75) is 22.5 Å². The molecule has 0 aliphatic carbocycles. The number of carbonyl (C=O) groups excluding carboxylic acids is 2. The minimum absolute atomic E-state index is 0.103. The molecule has 1 rings (SSSR count). The van der Waals surface area contributed by atoms with Gasteiger partial charge in [0.15, 0.2) is 0 Å². The first-order valence-electron chi connectivity index (χ1n) is 5.24. The van der Waals surface area contributed by atoms with Crippen molar-refractivity contribution >= 4 is 75.6 Å². The Morgan fingerprint density at radius 2 is 2.15 bits per heavy atom. The van der Waals surface area contributed by atoms with Crippen LogP contribution in [0.2, 0.25) is 0 Å². The smallest absolute Gasteiger partial charge is 0.344 e. The van der Waals surface area contributed by atoms with E-state index in [-0.39, 0.29) is 11.7 Å². The molecule has 11 heteroatoms. The molecule has 1 saturated heterocycles. The van der Waals surface area contributed by atoms with Crippen LogP contribution >= 0.6 is 58.5 Å². The monoisotopic (exact) mass is 379 g/mol. The van der Waals surface area contributed by atoms with Gasteiger partial charge in [-0.2, -0.15) is 0 Å². The summed E-state index contributed by atoms with van der Waals surface area (Å²) in [4.78, 5) is 27.7. The van der Waals surface area contributed by atoms with E-state index in [1.165, 1.54) is 18.8 Å². The predicted molar refractivity (Wildman–Crippen MR) is 84.2 cm³/mol. The summed E-state index contributed by atoms with van der Waals surface area (Å²) >= 11 is 18.5. The highest BCUT2D eigenvalue weighted by Gasteiger charge is 2.34. The van der Waals surface area contributed by atoms with Gasteiger partial charge in [-0.15, -0.1) is 0 Å². The summed E-state index contributed by atoms with van der Waals surface area (Å²) in [6.45, 7) is 3.51. The van der Waals surface area contributed by atoms with Crippen LogP contribution in [0.5, 0.6) is 0 Å². The zero-order valence-corrected chi connectivity index (χ0v) is 14.7. The highest BCUT2D eigenvalue weighted by molar-refractivity contribution is 8.14. The third-order valence-corrected chi connectivity index (χ3v) is 4.55. The molecule has 0 aromatic rings. The van der Waals surface area contributed by atoms with Crippen molar-refractivity contribution in [2.75, 3.05) is 12.8 Å². The van der Waals surface area contributed by atoms with E-state index in [1.54, 1.807) is 13.8 Å². The van der Waals surface area contributed by atoms with Gasteiger partial charge in [-0.25, -0.2) is 9.10 Å². The van der Waals surface area contributed by atoms with Gasteiger partial charge >= 0.3 is 6.09 Å². The zero-order chi connectivity index (χ0) is 15.6. The van der Waals surface area contributed by atoms with Crippen LogP contribution in [0.15, 0.2) is 5.16 Å². The third-order valence-electron chi connectivity index (χ3n) is 2.03. The number of hydrogen-bond donors (Lipinski definition) is 1. The molecule has 0 radical (unpaired) electrons. The summed E-state index contributed by atoms with van der Waals surface area (Å²) in [7, 11) is 1.38. The number of rotatable bonds is 2. The summed E-state index contributed by atoms with van der Waals surface area (Å²) < 4.78 is -0.663. The SMILES string of the molecule is CN(SC(Cl)(Cl)Cl)C(=O)ON=C1SCC(=O)NC1(C)C. The third kappa shape index (κ3) is 5.77. The molecule has 0 bridgehead atoms. The van der Waals surface area contributed by atoms with Crippen molar-refractivity contribution in [3.63, 3.8) is 0 Å². The molecule has 0 aromatic heterocycles. The van der Waals surface area contributed by atoms with Gasteiger partial charge in [-0.05, 0) is 13.8 Å². The Hall–Kier alpha value is -0.0200. The minimum atomic E-state index is -1.67. The molecular weight excluding hydrogens is 369 g/mol. The number of halogens is 3. The first kappa shape index (κ1) is 18.0. The number of hydrogen-bond acceptors (Lipinski definition) is 6. The van der Waals surface area contributed by atoms with Crippen LogP contribution in [0.4, 0.5) is 4.79 Å². The normalized spacial score (nSPS) is 20.5. The maximum absolute atomic E-state index is 11.6. The van der Waals surface area contributed by atoms with Crippen LogP contribution in [0.25, 0.3) is 0 Å². The standard InChI is InChI=1S/C9H12Cl3N3O3S2/c1-8(2)6(19-4-5(16)13-8)14-18-7(17)15(3)20-9(10,11)12/h4H2,1-3H3,(H,13,16). The largest absolute Gasteiger partial charge is 0.445 e. The molecule has 0 atom stereocenters. The Bertz CT molecular complexity index is 440. The lowest BCUT2D eigenvalue weighted by molar-refractivity contribution is -0.119. The minimum Gasteiger partial charge on any atom is -0.344 e. The molecule has 0 unspecified atom stereocenters. The predicted octanol–water partition coefficient (Wildman–Crippen LogP) is 2.99. The molecule has 0 aromatic carbocycles. The van der Waals surface area contributed by atoms with E-state index >= 15 is 0 Å². The molecule has 1 fully saturated rings. The van der Waals surface area contributed by atoms with Gasteiger partial charge in [-0.1, -0.05) is 51.7 Å². The number of carbonyl (C=O) groups is 2. The average molecular weight is 381 g/mol. The number of amides is 2. The number of nitrogens with zero attached hydrogens (tertiary/aromatic N) is 2. The molecule has 1 heterocycles. The van der Waals surface area contributed by atoms with Gasteiger partial charge in [0.05, 0.1) is 11.3 Å². The maximum Gasteiger partial charge on any atom is 0.445 e. The van der Waals surface area contributed by atoms with Crippen molar-refractivity contribution in [3.8, 4) is 0 Å². The molecule has 1 aliphatic rings. The van der Waals surface area contributed by atoms with Crippen LogP contribution < -0.4 is 5.32 Å². The highest BCUT2D eigenvalue weighted by Crippen LogP contribution is 2.40. The summed E-state index contributed by atoms with van der Waals surface area (Å²) in [6, 6.07) is 0. The summed E-state index contributed by atoms with van der Waals surface area (Å²) in [5.74, 6) is 0.118. The Morgan fingerprint density at radius 3 is 2.65 bits per heavy atom. The van der Waals surface area contributed by atoms with Gasteiger partial charge in [-0.3, -0.25) is 9.63 Å². The summed E-state index contributed by atoms with van der Waals surface area (Å²) in [5, 5.41) is 6.97. The van der Waals surface area contributed by atoms with E-state index in [1.807, 2.05) is 0 Å². The molecule has 0 saturated carbocycles. The Balaban J connectivity index is 2.63. The second kappa shape index (κ2) is 6.83. The fourth-order valence-electron chi connectivity index (χ4n) is 1.22. The molecule has 20 heavy (non-hydrogen) atoms. The van der Waals surface area contributed by atoms with E-state index in [4.69, 9.17) is 39.6 Å². The molecule has 1 N–H and O–H groups in total. The Morgan fingerprint density at radius 1 is 1.55 bits per heavy atom.